The van der Waals surface area contributed by atoms with Crippen molar-refractivity contribution in [1.29, 1.82) is 0 Å². The molecule has 0 aliphatic rings. The number of anilines is 1. The summed E-state index contributed by atoms with van der Waals surface area (Å²) in [6.07, 6.45) is 0. The fourth-order valence-corrected chi connectivity index (χ4v) is 2.40. The van der Waals surface area contributed by atoms with Crippen LogP contribution in [0.5, 0.6) is 5.88 Å². The first kappa shape index (κ1) is 14.6. The second kappa shape index (κ2) is 5.44. The van der Waals surface area contributed by atoms with E-state index in [1.54, 1.807) is 48.5 Å². The largest absolute Gasteiger partial charge is 0.492 e. The number of aromatic nitrogens is 2. The molecule has 7 heteroatoms. The fourth-order valence-electron chi connectivity index (χ4n) is 2.14. The van der Waals surface area contributed by atoms with Crippen LogP contribution < -0.4 is 11.3 Å². The van der Waals surface area contributed by atoms with Gasteiger partial charge >= 0.3 is 0 Å². The predicted molar refractivity (Wildman–Crippen MR) is 87.5 cm³/mol. The molecule has 5 nitrogen and oxygen atoms in total. The standard InChI is InChI=1S/C15H11Cl2N3O2/c16-9-1-5-11(6-2-9)19-14(21)13(18)15(22)20(19)12-7-3-10(17)4-8-12/h1-8,21H,18H2. The Morgan fingerprint density at radius 2 is 1.23 bits per heavy atom. The van der Waals surface area contributed by atoms with Gasteiger partial charge in [-0.2, -0.15) is 0 Å². The predicted octanol–water partition coefficient (Wildman–Crippen LogP) is 3.22. The second-order valence-corrected chi connectivity index (χ2v) is 5.49. The highest BCUT2D eigenvalue weighted by Gasteiger charge is 2.19. The smallest absolute Gasteiger partial charge is 0.299 e. The van der Waals surface area contributed by atoms with Crippen molar-refractivity contribution in [2.75, 3.05) is 5.73 Å². The van der Waals surface area contributed by atoms with E-state index < -0.39 is 5.56 Å². The molecule has 0 spiro atoms. The van der Waals surface area contributed by atoms with Crippen LogP contribution in [-0.4, -0.2) is 14.5 Å². The van der Waals surface area contributed by atoms with Crippen molar-refractivity contribution in [3.8, 4) is 17.3 Å². The van der Waals surface area contributed by atoms with E-state index in [4.69, 9.17) is 28.9 Å². The summed E-state index contributed by atoms with van der Waals surface area (Å²) < 4.78 is 2.58. The van der Waals surface area contributed by atoms with Crippen molar-refractivity contribution in [3.63, 3.8) is 0 Å². The highest BCUT2D eigenvalue weighted by Crippen LogP contribution is 2.25. The van der Waals surface area contributed by atoms with E-state index in [1.165, 1.54) is 9.36 Å². The third-order valence-corrected chi connectivity index (χ3v) is 3.71. The summed E-state index contributed by atoms with van der Waals surface area (Å²) in [6.45, 7) is 0. The van der Waals surface area contributed by atoms with Gasteiger partial charge in [-0.25, -0.2) is 9.36 Å². The third-order valence-electron chi connectivity index (χ3n) is 3.21. The molecule has 1 aromatic heterocycles. The van der Waals surface area contributed by atoms with Gasteiger partial charge in [0, 0.05) is 10.0 Å². The van der Waals surface area contributed by atoms with Crippen LogP contribution in [0, 0.1) is 0 Å². The molecule has 0 amide bonds. The fraction of sp³-hybridized carbons (Fsp3) is 0. The lowest BCUT2D eigenvalue weighted by Gasteiger charge is -2.12. The quantitative estimate of drug-likeness (QED) is 0.755. The molecule has 2 aromatic carbocycles. The van der Waals surface area contributed by atoms with Crippen LogP contribution >= 0.6 is 23.2 Å². The maximum absolute atomic E-state index is 12.3. The van der Waals surface area contributed by atoms with Crippen LogP contribution in [0.15, 0.2) is 53.3 Å². The van der Waals surface area contributed by atoms with Crippen molar-refractivity contribution in [2.24, 2.45) is 0 Å². The molecule has 112 valence electrons. The molecule has 0 bridgehead atoms. The highest BCUT2D eigenvalue weighted by atomic mass is 35.5. The minimum absolute atomic E-state index is 0.232. The SMILES string of the molecule is Nc1c(O)n(-c2ccc(Cl)cc2)n(-c2ccc(Cl)cc2)c1=O. The highest BCUT2D eigenvalue weighted by molar-refractivity contribution is 6.30. The van der Waals surface area contributed by atoms with Gasteiger partial charge in [0.15, 0.2) is 5.69 Å². The first-order valence-corrected chi connectivity index (χ1v) is 7.09. The van der Waals surface area contributed by atoms with Crippen molar-refractivity contribution < 1.29 is 5.11 Å². The Bertz CT molecular complexity index is 881. The number of hydrogen-bond acceptors (Lipinski definition) is 3. The molecule has 0 saturated heterocycles. The van der Waals surface area contributed by atoms with Gasteiger partial charge in [0.2, 0.25) is 5.88 Å². The summed E-state index contributed by atoms with van der Waals surface area (Å²) in [4.78, 5) is 12.3. The maximum Gasteiger partial charge on any atom is 0.299 e. The molecular formula is C15H11Cl2N3O2. The average molecular weight is 336 g/mol. The lowest BCUT2D eigenvalue weighted by molar-refractivity contribution is 0.427. The van der Waals surface area contributed by atoms with E-state index in [1.807, 2.05) is 0 Å². The molecule has 3 rings (SSSR count). The summed E-state index contributed by atoms with van der Waals surface area (Å²) in [6, 6.07) is 13.3. The van der Waals surface area contributed by atoms with Gasteiger partial charge in [-0.05, 0) is 48.5 Å². The van der Waals surface area contributed by atoms with Crippen LogP contribution in [0.4, 0.5) is 5.69 Å². The van der Waals surface area contributed by atoms with Crippen molar-refractivity contribution >= 4 is 28.9 Å². The van der Waals surface area contributed by atoms with Crippen LogP contribution in [0.2, 0.25) is 10.0 Å². The molecule has 0 unspecified atom stereocenters. The number of halogens is 2. The number of nitrogens with two attached hydrogens (primary N) is 1. The van der Waals surface area contributed by atoms with Gasteiger partial charge in [0.05, 0.1) is 11.4 Å². The van der Waals surface area contributed by atoms with Gasteiger partial charge in [-0.3, -0.25) is 4.79 Å². The van der Waals surface area contributed by atoms with Crippen LogP contribution in [0.1, 0.15) is 0 Å². The van der Waals surface area contributed by atoms with Gasteiger partial charge < -0.3 is 10.8 Å². The molecular weight excluding hydrogens is 325 g/mol. The molecule has 0 radical (unpaired) electrons. The lowest BCUT2D eigenvalue weighted by atomic mass is 10.3. The second-order valence-electron chi connectivity index (χ2n) is 4.62. The molecule has 3 aromatic rings. The lowest BCUT2D eigenvalue weighted by Crippen LogP contribution is -2.21. The summed E-state index contributed by atoms with van der Waals surface area (Å²) in [7, 11) is 0. The summed E-state index contributed by atoms with van der Waals surface area (Å²) in [5.74, 6) is -0.331. The number of aromatic hydroxyl groups is 1. The zero-order chi connectivity index (χ0) is 15.9. The van der Waals surface area contributed by atoms with Gasteiger partial charge in [-0.15, -0.1) is 0 Å². The minimum Gasteiger partial charge on any atom is -0.492 e. The minimum atomic E-state index is -0.519. The van der Waals surface area contributed by atoms with Gasteiger partial charge in [0.25, 0.3) is 5.56 Å². The van der Waals surface area contributed by atoms with Crippen molar-refractivity contribution in [3.05, 3.63) is 68.9 Å². The van der Waals surface area contributed by atoms with Crippen molar-refractivity contribution in [2.45, 2.75) is 0 Å². The molecule has 3 N–H and O–H groups in total. The molecule has 22 heavy (non-hydrogen) atoms. The zero-order valence-electron chi connectivity index (χ0n) is 11.2. The van der Waals surface area contributed by atoms with Crippen molar-refractivity contribution in [1.82, 2.24) is 9.36 Å². The Morgan fingerprint density at radius 1 is 0.818 bits per heavy atom. The molecule has 0 aliphatic heterocycles. The molecule has 0 aliphatic carbocycles. The number of nitrogens with zero attached hydrogens (tertiary/aromatic N) is 2. The number of hydrogen-bond donors (Lipinski definition) is 2. The zero-order valence-corrected chi connectivity index (χ0v) is 12.7. The Kier molecular flexibility index (Phi) is 3.60. The monoisotopic (exact) mass is 335 g/mol. The number of benzene rings is 2. The van der Waals surface area contributed by atoms with E-state index in [2.05, 4.69) is 0 Å². The first-order chi connectivity index (χ1) is 10.5. The normalized spacial score (nSPS) is 10.8. The van der Waals surface area contributed by atoms with Crippen LogP contribution in [0.25, 0.3) is 11.4 Å². The average Bonchev–Trinajstić information content (AvgIpc) is 2.74. The van der Waals surface area contributed by atoms with Gasteiger partial charge in [-0.1, -0.05) is 23.2 Å². The molecule has 0 fully saturated rings. The number of nitrogen functional groups attached to an aromatic ring is 1. The number of rotatable bonds is 2. The summed E-state index contributed by atoms with van der Waals surface area (Å²) in [5.41, 5.74) is 6.00. The molecule has 0 saturated carbocycles. The van der Waals surface area contributed by atoms with E-state index in [9.17, 15) is 9.90 Å². The van der Waals surface area contributed by atoms with E-state index in [0.29, 0.717) is 21.4 Å². The summed E-state index contributed by atoms with van der Waals surface area (Å²) >= 11 is 11.7. The topological polar surface area (TPSA) is 73.2 Å². The Hall–Kier alpha value is -2.37. The molecule has 1 heterocycles. The van der Waals surface area contributed by atoms with E-state index in [0.717, 1.165) is 0 Å². The Balaban J connectivity index is 2.30. The van der Waals surface area contributed by atoms with Crippen LogP contribution in [-0.2, 0) is 0 Å². The molecule has 0 atom stereocenters. The first-order valence-electron chi connectivity index (χ1n) is 6.33. The maximum atomic E-state index is 12.3. The summed E-state index contributed by atoms with van der Waals surface area (Å²) in [5, 5.41) is 11.3. The van der Waals surface area contributed by atoms with E-state index >= 15 is 0 Å². The Morgan fingerprint density at radius 3 is 1.68 bits per heavy atom. The Labute approximate surface area is 135 Å². The van der Waals surface area contributed by atoms with Crippen LogP contribution in [0.3, 0.4) is 0 Å². The van der Waals surface area contributed by atoms with Gasteiger partial charge in [0.1, 0.15) is 0 Å². The van der Waals surface area contributed by atoms with E-state index in [-0.39, 0.29) is 11.6 Å². The third kappa shape index (κ3) is 2.34.